The summed E-state index contributed by atoms with van der Waals surface area (Å²) in [6.07, 6.45) is 3.56. The number of nitrogens with zero attached hydrogens (tertiary/aromatic N) is 5. The van der Waals surface area contributed by atoms with Crippen LogP contribution in [-0.4, -0.2) is 33.7 Å². The van der Waals surface area contributed by atoms with Crippen molar-refractivity contribution in [2.24, 2.45) is 5.73 Å². The van der Waals surface area contributed by atoms with Crippen LogP contribution in [-0.2, 0) is 6.54 Å². The molecule has 0 radical (unpaired) electrons. The molecule has 0 spiro atoms. The normalized spacial score (nSPS) is 17.4. The summed E-state index contributed by atoms with van der Waals surface area (Å²) in [6, 6.07) is 10.3. The Kier molecular flexibility index (Phi) is 4.27. The molecule has 1 saturated heterocycles. The second-order valence-corrected chi connectivity index (χ2v) is 6.63. The van der Waals surface area contributed by atoms with E-state index >= 15 is 0 Å². The van der Waals surface area contributed by atoms with Gasteiger partial charge in [-0.3, -0.25) is 4.98 Å². The zero-order chi connectivity index (χ0) is 18.1. The number of aromatic nitrogens is 3. The van der Waals surface area contributed by atoms with Gasteiger partial charge in [-0.1, -0.05) is 0 Å². The first-order valence-electron chi connectivity index (χ1n) is 8.65. The number of nitrogens with two attached hydrogens (primary N) is 1. The summed E-state index contributed by atoms with van der Waals surface area (Å²) in [4.78, 5) is 11.2. The molecule has 0 bridgehead atoms. The van der Waals surface area contributed by atoms with E-state index in [1.807, 2.05) is 10.6 Å². The maximum Gasteiger partial charge on any atom is 0.206 e. The monoisotopic (exact) mass is 350 g/mol. The van der Waals surface area contributed by atoms with Crippen LogP contribution in [0.2, 0.25) is 0 Å². The summed E-state index contributed by atoms with van der Waals surface area (Å²) < 4.78 is 15.8. The van der Waals surface area contributed by atoms with Gasteiger partial charge in [-0.15, -0.1) is 0 Å². The molecular formula is C19H19FN6. The molecule has 0 amide bonds. The van der Waals surface area contributed by atoms with E-state index in [4.69, 9.17) is 16.0 Å². The fourth-order valence-electron chi connectivity index (χ4n) is 3.42. The number of piperidine rings is 1. The molecule has 0 unspecified atom stereocenters. The van der Waals surface area contributed by atoms with Crippen molar-refractivity contribution in [3.8, 4) is 6.07 Å². The zero-order valence-electron chi connectivity index (χ0n) is 14.3. The predicted molar refractivity (Wildman–Crippen MR) is 97.2 cm³/mol. The Morgan fingerprint density at radius 1 is 1.31 bits per heavy atom. The van der Waals surface area contributed by atoms with E-state index in [0.29, 0.717) is 12.1 Å². The number of fused-ring (bicyclic) bond motifs is 1. The molecule has 1 fully saturated rings. The average Bonchev–Trinajstić information content (AvgIpc) is 3.00. The van der Waals surface area contributed by atoms with Crippen LogP contribution in [0.4, 0.5) is 10.3 Å². The van der Waals surface area contributed by atoms with Gasteiger partial charge in [0.05, 0.1) is 28.8 Å². The van der Waals surface area contributed by atoms with Crippen molar-refractivity contribution >= 4 is 17.0 Å². The highest BCUT2D eigenvalue weighted by Crippen LogP contribution is 2.26. The van der Waals surface area contributed by atoms with Crippen molar-refractivity contribution in [3.05, 3.63) is 53.6 Å². The Labute approximate surface area is 150 Å². The summed E-state index contributed by atoms with van der Waals surface area (Å²) in [5, 5.41) is 8.93. The van der Waals surface area contributed by atoms with Crippen LogP contribution >= 0.6 is 0 Å². The number of benzene rings is 1. The third-order valence-electron chi connectivity index (χ3n) is 4.70. The molecule has 2 N–H and O–H groups in total. The molecule has 1 aliphatic heterocycles. The highest BCUT2D eigenvalue weighted by atomic mass is 19.1. The molecule has 132 valence electrons. The van der Waals surface area contributed by atoms with Gasteiger partial charge in [0, 0.05) is 25.3 Å². The van der Waals surface area contributed by atoms with Crippen molar-refractivity contribution in [2.45, 2.75) is 25.4 Å². The van der Waals surface area contributed by atoms with E-state index in [9.17, 15) is 4.39 Å². The van der Waals surface area contributed by atoms with Crippen molar-refractivity contribution in [3.63, 3.8) is 0 Å². The number of imidazole rings is 1. The minimum atomic E-state index is -0.298. The van der Waals surface area contributed by atoms with E-state index < -0.39 is 0 Å². The molecule has 1 aliphatic rings. The average molecular weight is 350 g/mol. The first-order chi connectivity index (χ1) is 12.6. The van der Waals surface area contributed by atoms with Gasteiger partial charge in [0.1, 0.15) is 11.9 Å². The Hall–Kier alpha value is -2.98. The molecule has 26 heavy (non-hydrogen) atoms. The fraction of sp³-hybridized carbons (Fsp3) is 0.316. The van der Waals surface area contributed by atoms with Crippen LogP contribution in [0, 0.1) is 17.1 Å². The molecule has 0 aliphatic carbocycles. The van der Waals surface area contributed by atoms with Gasteiger partial charge in [-0.25, -0.2) is 9.37 Å². The quantitative estimate of drug-likeness (QED) is 0.784. The largest absolute Gasteiger partial charge is 0.341 e. The van der Waals surface area contributed by atoms with Crippen molar-refractivity contribution < 1.29 is 4.39 Å². The summed E-state index contributed by atoms with van der Waals surface area (Å²) >= 11 is 0. The maximum atomic E-state index is 13.8. The number of pyridine rings is 1. The lowest BCUT2D eigenvalue weighted by atomic mass is 10.1. The van der Waals surface area contributed by atoms with Gasteiger partial charge in [0.15, 0.2) is 0 Å². The molecule has 6 nitrogen and oxygen atoms in total. The first-order valence-corrected chi connectivity index (χ1v) is 8.65. The standard InChI is InChI=1S/C19H19FN6/c20-14-4-6-17-18(8-14)26(12-16-5-3-13(9-21)10-23-16)19(24-17)25-7-1-2-15(22)11-25/h3-6,8,10,15H,1-2,7,11-12,22H2/t15-/m0/s1. The number of halogens is 1. The molecule has 4 rings (SSSR count). The van der Waals surface area contributed by atoms with Gasteiger partial charge in [-0.2, -0.15) is 5.26 Å². The molecule has 3 heterocycles. The summed E-state index contributed by atoms with van der Waals surface area (Å²) in [5.74, 6) is 0.486. The number of hydrogen-bond donors (Lipinski definition) is 1. The maximum absolute atomic E-state index is 13.8. The molecule has 2 aromatic heterocycles. The van der Waals surface area contributed by atoms with Crippen LogP contribution < -0.4 is 10.6 Å². The minimum Gasteiger partial charge on any atom is -0.341 e. The second-order valence-electron chi connectivity index (χ2n) is 6.63. The lowest BCUT2D eigenvalue weighted by molar-refractivity contribution is 0.495. The van der Waals surface area contributed by atoms with Crippen molar-refractivity contribution in [2.75, 3.05) is 18.0 Å². The van der Waals surface area contributed by atoms with Gasteiger partial charge in [0.2, 0.25) is 5.95 Å². The molecule has 1 aromatic carbocycles. The topological polar surface area (TPSA) is 83.8 Å². The lowest BCUT2D eigenvalue weighted by Gasteiger charge is -2.32. The van der Waals surface area contributed by atoms with E-state index in [2.05, 4.69) is 16.0 Å². The Morgan fingerprint density at radius 2 is 2.19 bits per heavy atom. The summed E-state index contributed by atoms with van der Waals surface area (Å²) in [5.41, 5.74) is 8.90. The SMILES string of the molecule is N#Cc1ccc(Cn2c(N3CCC[C@H](N)C3)nc3ccc(F)cc32)nc1. The minimum absolute atomic E-state index is 0.113. The summed E-state index contributed by atoms with van der Waals surface area (Å²) in [7, 11) is 0. The third kappa shape index (κ3) is 3.11. The van der Waals surface area contributed by atoms with Crippen LogP contribution in [0.5, 0.6) is 0 Å². The number of nitriles is 1. The van der Waals surface area contributed by atoms with Gasteiger partial charge in [0.25, 0.3) is 0 Å². The van der Waals surface area contributed by atoms with E-state index in [-0.39, 0.29) is 11.9 Å². The molecular weight excluding hydrogens is 331 g/mol. The highest BCUT2D eigenvalue weighted by molar-refractivity contribution is 5.79. The van der Waals surface area contributed by atoms with Crippen LogP contribution in [0.25, 0.3) is 11.0 Å². The van der Waals surface area contributed by atoms with E-state index in [0.717, 1.165) is 48.6 Å². The zero-order valence-corrected chi connectivity index (χ0v) is 14.3. The van der Waals surface area contributed by atoms with E-state index in [1.54, 1.807) is 18.3 Å². The Balaban J connectivity index is 1.77. The van der Waals surface area contributed by atoms with Gasteiger partial charge < -0.3 is 15.2 Å². The fourth-order valence-corrected chi connectivity index (χ4v) is 3.42. The number of anilines is 1. The first kappa shape index (κ1) is 16.5. The third-order valence-corrected chi connectivity index (χ3v) is 4.70. The van der Waals surface area contributed by atoms with Crippen molar-refractivity contribution in [1.82, 2.24) is 14.5 Å². The number of hydrogen-bond acceptors (Lipinski definition) is 5. The second kappa shape index (κ2) is 6.73. The number of rotatable bonds is 3. The smallest absolute Gasteiger partial charge is 0.206 e. The highest BCUT2D eigenvalue weighted by Gasteiger charge is 2.23. The lowest BCUT2D eigenvalue weighted by Crippen LogP contribution is -2.44. The molecule has 3 aromatic rings. The summed E-state index contributed by atoms with van der Waals surface area (Å²) in [6.45, 7) is 2.06. The predicted octanol–water partition coefficient (Wildman–Crippen LogP) is 2.42. The van der Waals surface area contributed by atoms with Crippen molar-refractivity contribution in [1.29, 1.82) is 5.26 Å². The Morgan fingerprint density at radius 3 is 2.92 bits per heavy atom. The van der Waals surface area contributed by atoms with Gasteiger partial charge >= 0.3 is 0 Å². The Bertz CT molecular complexity index is 972. The van der Waals surface area contributed by atoms with Gasteiger partial charge in [-0.05, 0) is 43.2 Å². The molecule has 7 heteroatoms. The molecule has 0 saturated carbocycles. The molecule has 1 atom stereocenters. The van der Waals surface area contributed by atoms with E-state index in [1.165, 1.54) is 12.1 Å². The van der Waals surface area contributed by atoms with Crippen LogP contribution in [0.15, 0.2) is 36.5 Å². The van der Waals surface area contributed by atoms with Crippen LogP contribution in [0.3, 0.4) is 0 Å². The van der Waals surface area contributed by atoms with Crippen LogP contribution in [0.1, 0.15) is 24.1 Å².